The van der Waals surface area contributed by atoms with Gasteiger partial charge in [0.1, 0.15) is 5.75 Å². The molecule has 0 radical (unpaired) electrons. The molecule has 0 fully saturated rings. The summed E-state index contributed by atoms with van der Waals surface area (Å²) >= 11 is 0. The predicted molar refractivity (Wildman–Crippen MR) is 121 cm³/mol. The van der Waals surface area contributed by atoms with Gasteiger partial charge >= 0.3 is 0 Å². The SMILES string of the molecule is CN=C(NCc1ccn(C)c1)NCc1ccc(C)cc1OCCCOC.I. The second kappa shape index (κ2) is 12.6. The van der Waals surface area contributed by atoms with E-state index in [9.17, 15) is 0 Å². The van der Waals surface area contributed by atoms with Crippen LogP contribution in [0, 0.1) is 6.92 Å². The van der Waals surface area contributed by atoms with Crippen molar-refractivity contribution < 1.29 is 9.47 Å². The van der Waals surface area contributed by atoms with E-state index in [1.165, 1.54) is 11.1 Å². The fourth-order valence-electron chi connectivity index (χ4n) is 2.58. The van der Waals surface area contributed by atoms with Gasteiger partial charge in [-0.15, -0.1) is 24.0 Å². The molecule has 0 aliphatic carbocycles. The molecule has 150 valence electrons. The Morgan fingerprint density at radius 2 is 1.93 bits per heavy atom. The summed E-state index contributed by atoms with van der Waals surface area (Å²) in [6.07, 6.45) is 5.00. The van der Waals surface area contributed by atoms with Gasteiger partial charge in [-0.25, -0.2) is 0 Å². The molecule has 0 bridgehead atoms. The van der Waals surface area contributed by atoms with Crippen LogP contribution in [0.15, 0.2) is 41.7 Å². The maximum absolute atomic E-state index is 5.93. The number of ether oxygens (including phenoxy) is 2. The molecular formula is C20H31IN4O2. The van der Waals surface area contributed by atoms with Crippen LogP contribution in [-0.4, -0.2) is 37.9 Å². The molecule has 0 spiro atoms. The Hall–Kier alpha value is -1.74. The molecule has 27 heavy (non-hydrogen) atoms. The normalized spacial score (nSPS) is 11.0. The molecular weight excluding hydrogens is 455 g/mol. The molecule has 6 nitrogen and oxygen atoms in total. The van der Waals surface area contributed by atoms with Crippen molar-refractivity contribution in [3.63, 3.8) is 0 Å². The van der Waals surface area contributed by atoms with Crippen molar-refractivity contribution in [2.45, 2.75) is 26.4 Å². The number of rotatable bonds is 9. The van der Waals surface area contributed by atoms with Crippen molar-refractivity contribution in [2.75, 3.05) is 27.4 Å². The van der Waals surface area contributed by atoms with Gasteiger partial charge in [0.15, 0.2) is 5.96 Å². The number of hydrogen-bond donors (Lipinski definition) is 2. The van der Waals surface area contributed by atoms with Crippen LogP contribution in [0.1, 0.15) is 23.1 Å². The average molecular weight is 486 g/mol. The number of guanidine groups is 1. The van der Waals surface area contributed by atoms with E-state index in [4.69, 9.17) is 9.47 Å². The number of hydrogen-bond acceptors (Lipinski definition) is 3. The van der Waals surface area contributed by atoms with Gasteiger partial charge in [-0.3, -0.25) is 4.99 Å². The van der Waals surface area contributed by atoms with Crippen LogP contribution in [0.2, 0.25) is 0 Å². The highest BCUT2D eigenvalue weighted by Gasteiger charge is 2.06. The molecule has 0 atom stereocenters. The van der Waals surface area contributed by atoms with Crippen LogP contribution in [0.4, 0.5) is 0 Å². The zero-order chi connectivity index (χ0) is 18.8. The lowest BCUT2D eigenvalue weighted by atomic mass is 10.1. The molecule has 1 aromatic carbocycles. The first-order valence-corrected chi connectivity index (χ1v) is 8.89. The van der Waals surface area contributed by atoms with E-state index in [0.717, 1.165) is 30.2 Å². The van der Waals surface area contributed by atoms with Crippen molar-refractivity contribution in [1.29, 1.82) is 0 Å². The minimum atomic E-state index is 0. The van der Waals surface area contributed by atoms with Gasteiger partial charge in [0.25, 0.3) is 0 Å². The number of halogens is 1. The fraction of sp³-hybridized carbons (Fsp3) is 0.450. The highest BCUT2D eigenvalue weighted by molar-refractivity contribution is 14.0. The van der Waals surface area contributed by atoms with E-state index in [0.29, 0.717) is 19.8 Å². The van der Waals surface area contributed by atoms with Gasteiger partial charge in [0.05, 0.1) is 6.61 Å². The quantitative estimate of drug-likeness (QED) is 0.247. The molecule has 2 rings (SSSR count). The Bertz CT molecular complexity index is 716. The third kappa shape index (κ3) is 8.21. The Morgan fingerprint density at radius 3 is 2.59 bits per heavy atom. The number of aryl methyl sites for hydroxylation is 2. The van der Waals surface area contributed by atoms with Crippen LogP contribution in [0.5, 0.6) is 5.75 Å². The van der Waals surface area contributed by atoms with Crippen LogP contribution in [0.25, 0.3) is 0 Å². The summed E-state index contributed by atoms with van der Waals surface area (Å²) in [5.74, 6) is 1.67. The smallest absolute Gasteiger partial charge is 0.191 e. The highest BCUT2D eigenvalue weighted by atomic mass is 127. The van der Waals surface area contributed by atoms with Crippen LogP contribution in [-0.2, 0) is 24.9 Å². The van der Waals surface area contributed by atoms with Crippen LogP contribution in [0.3, 0.4) is 0 Å². The van der Waals surface area contributed by atoms with E-state index in [-0.39, 0.29) is 24.0 Å². The summed E-state index contributed by atoms with van der Waals surface area (Å²) in [4.78, 5) is 4.29. The Morgan fingerprint density at radius 1 is 1.15 bits per heavy atom. The third-order valence-electron chi connectivity index (χ3n) is 4.00. The maximum atomic E-state index is 5.93. The fourth-order valence-corrected chi connectivity index (χ4v) is 2.58. The van der Waals surface area contributed by atoms with Crippen molar-refractivity contribution in [3.8, 4) is 5.75 Å². The van der Waals surface area contributed by atoms with Crippen molar-refractivity contribution in [2.24, 2.45) is 12.0 Å². The Labute approximate surface area is 179 Å². The summed E-state index contributed by atoms with van der Waals surface area (Å²) in [6.45, 7) is 4.80. The lowest BCUT2D eigenvalue weighted by molar-refractivity contribution is 0.171. The molecule has 0 amide bonds. The molecule has 1 aromatic heterocycles. The topological polar surface area (TPSA) is 59.8 Å². The second-order valence-electron chi connectivity index (χ2n) is 6.27. The van der Waals surface area contributed by atoms with E-state index in [1.54, 1.807) is 14.2 Å². The molecule has 0 aliphatic heterocycles. The first-order valence-electron chi connectivity index (χ1n) is 8.89. The molecule has 2 N–H and O–H groups in total. The average Bonchev–Trinajstić information content (AvgIpc) is 3.05. The zero-order valence-electron chi connectivity index (χ0n) is 16.6. The Kier molecular flexibility index (Phi) is 10.9. The first kappa shape index (κ1) is 23.3. The number of nitrogens with zero attached hydrogens (tertiary/aromatic N) is 2. The largest absolute Gasteiger partial charge is 0.493 e. The molecule has 2 aromatic rings. The van der Waals surface area contributed by atoms with E-state index < -0.39 is 0 Å². The predicted octanol–water partition coefficient (Wildman–Crippen LogP) is 3.23. The van der Waals surface area contributed by atoms with Crippen LogP contribution < -0.4 is 15.4 Å². The van der Waals surface area contributed by atoms with Crippen molar-refractivity contribution in [1.82, 2.24) is 15.2 Å². The summed E-state index contributed by atoms with van der Waals surface area (Å²) < 4.78 is 13.0. The van der Waals surface area contributed by atoms with Gasteiger partial charge in [0, 0.05) is 65.3 Å². The minimum absolute atomic E-state index is 0. The van der Waals surface area contributed by atoms with Gasteiger partial charge in [-0.05, 0) is 30.2 Å². The summed E-state index contributed by atoms with van der Waals surface area (Å²) in [5.41, 5.74) is 3.51. The highest BCUT2D eigenvalue weighted by Crippen LogP contribution is 2.20. The first-order chi connectivity index (χ1) is 12.6. The second-order valence-corrected chi connectivity index (χ2v) is 6.27. The summed E-state index contributed by atoms with van der Waals surface area (Å²) in [6, 6.07) is 8.35. The molecule has 0 aliphatic rings. The molecule has 1 heterocycles. The lowest BCUT2D eigenvalue weighted by Crippen LogP contribution is -2.36. The van der Waals surface area contributed by atoms with E-state index in [1.807, 2.05) is 17.8 Å². The van der Waals surface area contributed by atoms with Crippen molar-refractivity contribution >= 4 is 29.9 Å². The van der Waals surface area contributed by atoms with Crippen molar-refractivity contribution in [3.05, 3.63) is 53.3 Å². The van der Waals surface area contributed by atoms with Gasteiger partial charge in [-0.2, -0.15) is 0 Å². The number of aromatic nitrogens is 1. The standard InChI is InChI=1S/C20H30N4O2.HI/c1-16-6-7-18(19(12-16)26-11-5-10-25-4)14-23-20(21-2)22-13-17-8-9-24(3)15-17;/h6-9,12,15H,5,10-11,13-14H2,1-4H3,(H2,21,22,23);1H. The van der Waals surface area contributed by atoms with Gasteiger partial charge in [-0.1, -0.05) is 12.1 Å². The third-order valence-corrected chi connectivity index (χ3v) is 4.00. The van der Waals surface area contributed by atoms with Gasteiger partial charge in [0.2, 0.25) is 0 Å². The monoisotopic (exact) mass is 486 g/mol. The molecule has 0 saturated heterocycles. The minimum Gasteiger partial charge on any atom is -0.493 e. The van der Waals surface area contributed by atoms with Crippen LogP contribution >= 0.6 is 24.0 Å². The molecule has 0 unspecified atom stereocenters. The number of aliphatic imine (C=N–C) groups is 1. The van der Waals surface area contributed by atoms with E-state index >= 15 is 0 Å². The number of benzene rings is 1. The molecule has 0 saturated carbocycles. The number of methoxy groups -OCH3 is 1. The maximum Gasteiger partial charge on any atom is 0.191 e. The Balaban J connectivity index is 0.00000364. The number of nitrogens with one attached hydrogen (secondary N) is 2. The van der Waals surface area contributed by atoms with E-state index in [2.05, 4.69) is 53.0 Å². The molecule has 7 heteroatoms. The lowest BCUT2D eigenvalue weighted by Gasteiger charge is -2.15. The van der Waals surface area contributed by atoms with Gasteiger partial charge < -0.3 is 24.7 Å². The zero-order valence-corrected chi connectivity index (χ0v) is 18.9. The summed E-state index contributed by atoms with van der Waals surface area (Å²) in [5, 5.41) is 6.68. The summed E-state index contributed by atoms with van der Waals surface area (Å²) in [7, 11) is 5.50.